The molecule has 0 saturated carbocycles. The van der Waals surface area contributed by atoms with Gasteiger partial charge in [-0.15, -0.1) is 23.8 Å². The molecule has 0 fully saturated rings. The first kappa shape index (κ1) is 23.8. The Kier molecular flexibility index (Phi) is 6.10. The SMILES string of the molecule is Oc1nc2ccccc2n1-c1cc2ccccc2c(Oc2[c-]c(-c3nccc4ccccc34)ccc2)n1.[Pt]. The van der Waals surface area contributed by atoms with Gasteiger partial charge >= 0.3 is 6.01 Å². The predicted molar refractivity (Wildman–Crippen MR) is 144 cm³/mol. The minimum atomic E-state index is -0.134. The number of rotatable bonds is 4. The van der Waals surface area contributed by atoms with Crippen molar-refractivity contribution < 1.29 is 30.9 Å². The standard InChI is InChI=1S/C31H19N4O2.Pt/c36-31-33-26-14-5-6-15-27(26)35(31)28-19-21-9-2-4-13-25(21)30(34-28)37-23-11-7-10-22(18-23)29-24-12-3-1-8-20(24)16-17-32-29;/h1-17,19H,(H,33,36);/q-1;. The van der Waals surface area contributed by atoms with Crippen LogP contribution < -0.4 is 4.74 Å². The van der Waals surface area contributed by atoms with Gasteiger partial charge in [-0.2, -0.15) is 9.97 Å². The van der Waals surface area contributed by atoms with Crippen LogP contribution in [0, 0.1) is 6.07 Å². The van der Waals surface area contributed by atoms with E-state index in [-0.39, 0.29) is 27.1 Å². The third kappa shape index (κ3) is 4.09. The number of para-hydroxylation sites is 2. The molecule has 38 heavy (non-hydrogen) atoms. The van der Waals surface area contributed by atoms with E-state index >= 15 is 0 Å². The summed E-state index contributed by atoms with van der Waals surface area (Å²) in [5.74, 6) is 1.43. The summed E-state index contributed by atoms with van der Waals surface area (Å²) in [6, 6.07) is 36.4. The van der Waals surface area contributed by atoms with E-state index in [0.29, 0.717) is 23.0 Å². The first-order valence-corrected chi connectivity index (χ1v) is 11.9. The van der Waals surface area contributed by atoms with Crippen molar-refractivity contribution in [3.8, 4) is 34.7 Å². The Hall–Kier alpha value is -4.54. The molecule has 7 heteroatoms. The molecule has 0 atom stereocenters. The van der Waals surface area contributed by atoms with Crippen LogP contribution in [0.3, 0.4) is 0 Å². The smallest absolute Gasteiger partial charge is 0.300 e. The summed E-state index contributed by atoms with van der Waals surface area (Å²) in [5.41, 5.74) is 3.10. The van der Waals surface area contributed by atoms with Crippen LogP contribution in [-0.4, -0.2) is 24.6 Å². The van der Waals surface area contributed by atoms with E-state index in [1.165, 1.54) is 0 Å². The molecular formula is C31H19N4O2Pt-. The van der Waals surface area contributed by atoms with Gasteiger partial charge in [-0.05, 0) is 52.2 Å². The van der Waals surface area contributed by atoms with Crippen molar-refractivity contribution in [1.29, 1.82) is 0 Å². The summed E-state index contributed by atoms with van der Waals surface area (Å²) >= 11 is 0. The molecule has 7 aromatic rings. The van der Waals surface area contributed by atoms with Gasteiger partial charge in [-0.25, -0.2) is 4.57 Å². The van der Waals surface area contributed by atoms with Gasteiger partial charge in [0.25, 0.3) is 0 Å². The van der Waals surface area contributed by atoms with Gasteiger partial charge in [0.05, 0.1) is 11.0 Å². The van der Waals surface area contributed by atoms with Crippen LogP contribution >= 0.6 is 0 Å². The summed E-state index contributed by atoms with van der Waals surface area (Å²) in [5, 5.41) is 14.6. The van der Waals surface area contributed by atoms with Crippen molar-refractivity contribution in [2.75, 3.05) is 0 Å². The van der Waals surface area contributed by atoms with Gasteiger partial charge in [0, 0.05) is 38.4 Å². The fraction of sp³-hybridized carbons (Fsp3) is 0. The normalized spacial score (nSPS) is 11.1. The average Bonchev–Trinajstić information content (AvgIpc) is 3.28. The maximum absolute atomic E-state index is 10.6. The van der Waals surface area contributed by atoms with E-state index < -0.39 is 0 Å². The maximum Gasteiger partial charge on any atom is 0.300 e. The van der Waals surface area contributed by atoms with Crippen molar-refractivity contribution >= 4 is 32.6 Å². The molecule has 0 unspecified atom stereocenters. The van der Waals surface area contributed by atoms with E-state index in [4.69, 9.17) is 9.72 Å². The Morgan fingerprint density at radius 1 is 0.737 bits per heavy atom. The van der Waals surface area contributed by atoms with E-state index in [0.717, 1.165) is 38.3 Å². The molecule has 0 saturated heterocycles. The molecule has 3 aromatic heterocycles. The number of benzene rings is 4. The molecular weight excluding hydrogens is 655 g/mol. The number of pyridine rings is 2. The van der Waals surface area contributed by atoms with Crippen LogP contribution in [0.2, 0.25) is 0 Å². The van der Waals surface area contributed by atoms with Gasteiger partial charge < -0.3 is 14.8 Å². The Balaban J connectivity index is 0.00000264. The largest absolute Gasteiger partial charge is 0.480 e. The molecule has 186 valence electrons. The summed E-state index contributed by atoms with van der Waals surface area (Å²) in [7, 11) is 0. The van der Waals surface area contributed by atoms with Crippen LogP contribution in [0.1, 0.15) is 0 Å². The van der Waals surface area contributed by atoms with Crippen molar-refractivity contribution in [3.63, 3.8) is 0 Å². The van der Waals surface area contributed by atoms with Crippen LogP contribution in [0.4, 0.5) is 0 Å². The van der Waals surface area contributed by atoms with Gasteiger partial charge in [0.2, 0.25) is 5.88 Å². The number of hydrogen-bond donors (Lipinski definition) is 1. The van der Waals surface area contributed by atoms with E-state index in [2.05, 4.69) is 28.2 Å². The first-order chi connectivity index (χ1) is 18.2. The molecule has 0 aliphatic rings. The van der Waals surface area contributed by atoms with Gasteiger partial charge in [-0.1, -0.05) is 60.7 Å². The van der Waals surface area contributed by atoms with E-state index in [9.17, 15) is 5.11 Å². The van der Waals surface area contributed by atoms with Crippen LogP contribution in [0.15, 0.2) is 109 Å². The quantitative estimate of drug-likeness (QED) is 0.202. The van der Waals surface area contributed by atoms with E-state index in [1.54, 1.807) is 10.8 Å². The van der Waals surface area contributed by atoms with Crippen molar-refractivity contribution in [3.05, 3.63) is 115 Å². The molecule has 0 aliphatic heterocycles. The fourth-order valence-electron chi connectivity index (χ4n) is 4.67. The Bertz CT molecular complexity index is 1950. The summed E-state index contributed by atoms with van der Waals surface area (Å²) < 4.78 is 7.97. The molecule has 0 amide bonds. The predicted octanol–water partition coefficient (Wildman–Crippen LogP) is 7.08. The summed E-state index contributed by atoms with van der Waals surface area (Å²) in [4.78, 5) is 13.7. The molecule has 0 radical (unpaired) electrons. The summed E-state index contributed by atoms with van der Waals surface area (Å²) in [6.45, 7) is 0. The minimum Gasteiger partial charge on any atom is -0.480 e. The molecule has 6 nitrogen and oxygen atoms in total. The zero-order chi connectivity index (χ0) is 24.8. The molecule has 4 aromatic carbocycles. The number of hydrogen-bond acceptors (Lipinski definition) is 5. The third-order valence-electron chi connectivity index (χ3n) is 6.37. The minimum absolute atomic E-state index is 0. The summed E-state index contributed by atoms with van der Waals surface area (Å²) in [6.07, 6.45) is 1.81. The monoisotopic (exact) mass is 674 g/mol. The van der Waals surface area contributed by atoms with Crippen LogP contribution in [0.25, 0.3) is 49.7 Å². The van der Waals surface area contributed by atoms with Crippen molar-refractivity contribution in [1.82, 2.24) is 19.5 Å². The second-order valence-electron chi connectivity index (χ2n) is 8.65. The van der Waals surface area contributed by atoms with E-state index in [1.807, 2.05) is 91.0 Å². The van der Waals surface area contributed by atoms with Gasteiger partial charge in [-0.3, -0.25) is 0 Å². The average molecular weight is 675 g/mol. The van der Waals surface area contributed by atoms with Crippen molar-refractivity contribution in [2.24, 2.45) is 0 Å². The van der Waals surface area contributed by atoms with Crippen molar-refractivity contribution in [2.45, 2.75) is 0 Å². The molecule has 0 spiro atoms. The molecule has 0 aliphatic carbocycles. The maximum atomic E-state index is 10.6. The van der Waals surface area contributed by atoms with Crippen LogP contribution in [-0.2, 0) is 21.1 Å². The van der Waals surface area contributed by atoms with Gasteiger partial charge in [0.1, 0.15) is 5.82 Å². The molecule has 3 heterocycles. The number of aromatic hydroxyl groups is 1. The Morgan fingerprint density at radius 2 is 1.50 bits per heavy atom. The topological polar surface area (TPSA) is 73.1 Å². The van der Waals surface area contributed by atoms with Crippen LogP contribution in [0.5, 0.6) is 17.6 Å². The third-order valence-corrected chi connectivity index (χ3v) is 6.37. The first-order valence-electron chi connectivity index (χ1n) is 11.9. The number of nitrogens with zero attached hydrogens (tertiary/aromatic N) is 4. The number of ether oxygens (including phenoxy) is 1. The Morgan fingerprint density at radius 3 is 2.39 bits per heavy atom. The van der Waals surface area contributed by atoms with Gasteiger partial charge in [0.15, 0.2) is 0 Å². The number of fused-ring (bicyclic) bond motifs is 3. The second kappa shape index (κ2) is 9.73. The molecule has 0 bridgehead atoms. The molecule has 1 N–H and O–H groups in total. The fourth-order valence-corrected chi connectivity index (χ4v) is 4.67. The Labute approximate surface area is 232 Å². The number of aromatic nitrogens is 4. The second-order valence-corrected chi connectivity index (χ2v) is 8.65. The zero-order valence-electron chi connectivity index (χ0n) is 19.9. The number of imidazole rings is 1. The zero-order valence-corrected chi connectivity index (χ0v) is 22.1. The molecule has 7 rings (SSSR count).